The Balaban J connectivity index is 1.46. The van der Waals surface area contributed by atoms with Gasteiger partial charge in [0.25, 0.3) is 0 Å². The van der Waals surface area contributed by atoms with Gasteiger partial charge in [0.05, 0.1) is 19.8 Å². The molecule has 0 spiro atoms. The quantitative estimate of drug-likeness (QED) is 0.620. The minimum Gasteiger partial charge on any atom is -0.485 e. The van der Waals surface area contributed by atoms with Crippen molar-refractivity contribution in [2.24, 2.45) is 0 Å². The summed E-state index contributed by atoms with van der Waals surface area (Å²) >= 11 is 1.59. The number of rotatable bonds is 7. The van der Waals surface area contributed by atoms with Crippen molar-refractivity contribution in [1.29, 1.82) is 0 Å². The van der Waals surface area contributed by atoms with Crippen molar-refractivity contribution in [3.8, 4) is 5.75 Å². The molecule has 0 amide bonds. The maximum atomic E-state index is 9.12. The lowest BCUT2D eigenvalue weighted by molar-refractivity contribution is 0.0630. The number of aliphatic hydroxyl groups is 2. The molecule has 3 aromatic rings. The van der Waals surface area contributed by atoms with Crippen LogP contribution in [0.2, 0.25) is 0 Å². The number of thiazole rings is 1. The highest BCUT2D eigenvalue weighted by Crippen LogP contribution is 2.27. The Morgan fingerprint density at radius 2 is 2.18 bits per heavy atom. The maximum absolute atomic E-state index is 9.12. The minimum absolute atomic E-state index is 0.265. The van der Waals surface area contributed by atoms with Crippen LogP contribution in [-0.2, 0) is 4.74 Å². The normalized spacial score (nSPS) is 15.2. The average molecular weight is 403 g/mol. The number of oxazole rings is 1. The van der Waals surface area contributed by atoms with E-state index in [-0.39, 0.29) is 13.2 Å². The third-order valence-electron chi connectivity index (χ3n) is 4.22. The van der Waals surface area contributed by atoms with E-state index in [0.29, 0.717) is 29.5 Å². The molecule has 1 aliphatic rings. The Kier molecular flexibility index (Phi) is 5.87. The molecule has 1 saturated heterocycles. The first-order valence-corrected chi connectivity index (χ1v) is 9.82. The highest BCUT2D eigenvalue weighted by molar-refractivity contribution is 7.16. The van der Waals surface area contributed by atoms with Gasteiger partial charge in [-0.1, -0.05) is 11.3 Å². The number of hydrogen-bond acceptors (Lipinski definition) is 9. The van der Waals surface area contributed by atoms with Gasteiger partial charge >= 0.3 is 0 Å². The summed E-state index contributed by atoms with van der Waals surface area (Å²) in [7, 11) is 0. The van der Waals surface area contributed by atoms with E-state index in [0.717, 1.165) is 29.6 Å². The van der Waals surface area contributed by atoms with E-state index < -0.39 is 6.10 Å². The molecule has 1 fully saturated rings. The molecule has 28 heavy (non-hydrogen) atoms. The molecular formula is C19H21N3O5S. The number of ether oxygens (including phenoxy) is 2. The summed E-state index contributed by atoms with van der Waals surface area (Å²) in [5.74, 6) is 0.979. The second-order valence-electron chi connectivity index (χ2n) is 6.32. The van der Waals surface area contributed by atoms with Crippen LogP contribution < -0.4 is 9.64 Å². The van der Waals surface area contributed by atoms with Crippen molar-refractivity contribution in [3.05, 3.63) is 35.2 Å². The van der Waals surface area contributed by atoms with Gasteiger partial charge in [-0.15, -0.1) is 0 Å². The van der Waals surface area contributed by atoms with E-state index >= 15 is 0 Å². The van der Waals surface area contributed by atoms with Gasteiger partial charge in [-0.3, -0.25) is 0 Å². The van der Waals surface area contributed by atoms with Crippen LogP contribution in [0.3, 0.4) is 0 Å². The molecule has 9 heteroatoms. The highest BCUT2D eigenvalue weighted by atomic mass is 32.1. The fourth-order valence-electron chi connectivity index (χ4n) is 2.79. The maximum Gasteiger partial charge on any atom is 0.220 e. The van der Waals surface area contributed by atoms with Crippen LogP contribution in [-0.4, -0.2) is 59.4 Å². The second kappa shape index (κ2) is 8.70. The van der Waals surface area contributed by atoms with Crippen LogP contribution in [0.15, 0.2) is 28.8 Å². The molecule has 148 valence electrons. The molecule has 0 aliphatic carbocycles. The van der Waals surface area contributed by atoms with E-state index in [4.69, 9.17) is 24.1 Å². The number of fused-ring (bicyclic) bond motifs is 1. The summed E-state index contributed by atoms with van der Waals surface area (Å²) < 4.78 is 16.7. The van der Waals surface area contributed by atoms with Crippen LogP contribution >= 0.6 is 11.3 Å². The fourth-order valence-corrected chi connectivity index (χ4v) is 3.62. The van der Waals surface area contributed by atoms with E-state index in [1.807, 2.05) is 12.3 Å². The Labute approximate surface area is 165 Å². The summed E-state index contributed by atoms with van der Waals surface area (Å²) in [6, 6.07) is 5.20. The molecular weight excluding hydrogens is 382 g/mol. The van der Waals surface area contributed by atoms with Gasteiger partial charge in [-0.2, -0.15) is 0 Å². The third kappa shape index (κ3) is 4.33. The molecule has 1 aliphatic heterocycles. The highest BCUT2D eigenvalue weighted by Gasteiger charge is 2.14. The molecule has 1 aromatic carbocycles. The summed E-state index contributed by atoms with van der Waals surface area (Å²) in [6.45, 7) is 1.82. The van der Waals surface area contributed by atoms with E-state index in [9.17, 15) is 0 Å². The molecule has 0 saturated carbocycles. The van der Waals surface area contributed by atoms with Crippen molar-refractivity contribution in [3.63, 3.8) is 0 Å². The van der Waals surface area contributed by atoms with E-state index in [1.54, 1.807) is 35.6 Å². The van der Waals surface area contributed by atoms with Gasteiger partial charge in [0.2, 0.25) is 5.89 Å². The number of aromatic nitrogens is 2. The predicted octanol–water partition coefficient (Wildman–Crippen LogP) is 2.37. The van der Waals surface area contributed by atoms with Crippen molar-refractivity contribution < 1.29 is 24.1 Å². The van der Waals surface area contributed by atoms with Gasteiger partial charge < -0.3 is 29.0 Å². The zero-order valence-corrected chi connectivity index (χ0v) is 16.0. The van der Waals surface area contributed by atoms with Crippen LogP contribution in [0.25, 0.3) is 23.3 Å². The van der Waals surface area contributed by atoms with Gasteiger partial charge in [0, 0.05) is 29.8 Å². The predicted molar refractivity (Wildman–Crippen MR) is 106 cm³/mol. The molecule has 4 rings (SSSR count). The Morgan fingerprint density at radius 3 is 2.96 bits per heavy atom. The first-order valence-electron chi connectivity index (χ1n) is 9.01. The topological polar surface area (TPSA) is 101 Å². The second-order valence-corrected chi connectivity index (χ2v) is 7.36. The Hall–Kier alpha value is -2.46. The molecule has 2 N–H and O–H groups in total. The zero-order valence-electron chi connectivity index (χ0n) is 15.2. The number of aliphatic hydroxyl groups excluding tert-OH is 2. The molecule has 0 atom stereocenters. The standard InChI is InChI=1S/C19H21N3O5S/c23-10-14(11-24)26-13-2-4-16-17(8-13)27-18(21-16)5-3-15-9-20-19(28-15)22-6-1-7-25-12-22/h2-5,8-9,14,23-24H,1,6-7,10-12H2/b5-3+. The van der Waals surface area contributed by atoms with Gasteiger partial charge in [-0.25, -0.2) is 9.97 Å². The van der Waals surface area contributed by atoms with Crippen molar-refractivity contribution in [1.82, 2.24) is 9.97 Å². The Bertz CT molecular complexity index is 944. The molecule has 0 unspecified atom stereocenters. The SMILES string of the molecule is OCC(CO)Oc1ccc2nc(/C=C/c3cnc(N4CCCOC4)s3)oc2c1. The lowest BCUT2D eigenvalue weighted by Crippen LogP contribution is -2.32. The third-order valence-corrected chi connectivity index (χ3v) is 5.25. The monoisotopic (exact) mass is 403 g/mol. The van der Waals surface area contributed by atoms with Crippen LogP contribution in [0.5, 0.6) is 5.75 Å². The van der Waals surface area contributed by atoms with Crippen LogP contribution in [0, 0.1) is 0 Å². The Morgan fingerprint density at radius 1 is 1.29 bits per heavy atom. The summed E-state index contributed by atoms with van der Waals surface area (Å²) in [5, 5.41) is 19.2. The van der Waals surface area contributed by atoms with Crippen LogP contribution in [0.4, 0.5) is 5.13 Å². The molecule has 2 aromatic heterocycles. The van der Waals surface area contributed by atoms with Crippen molar-refractivity contribution in [2.75, 3.05) is 38.0 Å². The zero-order chi connectivity index (χ0) is 19.3. The first kappa shape index (κ1) is 18.9. The summed E-state index contributed by atoms with van der Waals surface area (Å²) in [6.07, 6.45) is 5.89. The lowest BCUT2D eigenvalue weighted by atomic mass is 10.3. The van der Waals surface area contributed by atoms with Crippen molar-refractivity contribution in [2.45, 2.75) is 12.5 Å². The van der Waals surface area contributed by atoms with Gasteiger partial charge in [0.1, 0.15) is 24.1 Å². The van der Waals surface area contributed by atoms with Gasteiger partial charge in [0.15, 0.2) is 10.7 Å². The van der Waals surface area contributed by atoms with Crippen molar-refractivity contribution >= 4 is 39.7 Å². The van der Waals surface area contributed by atoms with E-state index in [1.165, 1.54) is 0 Å². The summed E-state index contributed by atoms with van der Waals surface area (Å²) in [4.78, 5) is 12.0. The number of hydrogen-bond donors (Lipinski definition) is 2. The molecule has 0 bridgehead atoms. The average Bonchev–Trinajstić information content (AvgIpc) is 3.37. The minimum atomic E-state index is -0.662. The molecule has 0 radical (unpaired) electrons. The van der Waals surface area contributed by atoms with Crippen LogP contribution in [0.1, 0.15) is 17.2 Å². The number of benzene rings is 1. The number of anilines is 1. The first-order chi connectivity index (χ1) is 13.7. The lowest BCUT2D eigenvalue weighted by Gasteiger charge is -2.25. The molecule has 8 nitrogen and oxygen atoms in total. The van der Waals surface area contributed by atoms with Gasteiger partial charge in [-0.05, 0) is 24.6 Å². The largest absolute Gasteiger partial charge is 0.485 e. The smallest absolute Gasteiger partial charge is 0.220 e. The number of nitrogens with zero attached hydrogens (tertiary/aromatic N) is 3. The fraction of sp³-hybridized carbons (Fsp3) is 0.368. The molecule has 3 heterocycles. The summed E-state index contributed by atoms with van der Waals surface area (Å²) in [5.41, 5.74) is 1.27. The van der Waals surface area contributed by atoms with E-state index in [2.05, 4.69) is 14.9 Å².